The van der Waals surface area contributed by atoms with Crippen molar-refractivity contribution in [3.8, 4) is 0 Å². The average molecular weight is 234 g/mol. The lowest BCUT2D eigenvalue weighted by Crippen LogP contribution is -2.39. The van der Waals surface area contributed by atoms with Crippen LogP contribution in [-0.4, -0.2) is 33.8 Å². The van der Waals surface area contributed by atoms with Gasteiger partial charge in [0.05, 0.1) is 11.4 Å². The van der Waals surface area contributed by atoms with Crippen LogP contribution in [0, 0.1) is 0 Å². The zero-order valence-electron chi connectivity index (χ0n) is 10.6. The van der Waals surface area contributed by atoms with Crippen LogP contribution in [0.1, 0.15) is 43.0 Å². The molecule has 1 saturated heterocycles. The van der Waals surface area contributed by atoms with Crippen molar-refractivity contribution in [1.82, 2.24) is 14.7 Å². The van der Waals surface area contributed by atoms with Gasteiger partial charge in [0.2, 0.25) is 0 Å². The third-order valence-corrected chi connectivity index (χ3v) is 4.01. The second-order valence-electron chi connectivity index (χ2n) is 5.57. The minimum Gasteiger partial charge on any atom is -0.328 e. The first kappa shape index (κ1) is 11.2. The van der Waals surface area contributed by atoms with Crippen molar-refractivity contribution in [1.29, 1.82) is 0 Å². The Morgan fingerprint density at radius 3 is 2.65 bits per heavy atom. The third-order valence-electron chi connectivity index (χ3n) is 4.01. The lowest BCUT2D eigenvalue weighted by Gasteiger charge is -2.29. The molecule has 17 heavy (non-hydrogen) atoms. The van der Waals surface area contributed by atoms with E-state index in [1.165, 1.54) is 24.2 Å². The first-order chi connectivity index (χ1) is 8.22. The fourth-order valence-corrected chi connectivity index (χ4v) is 2.60. The lowest BCUT2D eigenvalue weighted by molar-refractivity contribution is 0.201. The molecular weight excluding hydrogens is 212 g/mol. The first-order valence-corrected chi connectivity index (χ1v) is 6.73. The first-order valence-electron chi connectivity index (χ1n) is 6.73. The Bertz CT molecular complexity index is 386. The number of hydrogen-bond acceptors (Lipinski definition) is 3. The molecule has 1 aliphatic heterocycles. The molecule has 4 heteroatoms. The normalized spacial score (nSPS) is 23.2. The second kappa shape index (κ2) is 4.42. The van der Waals surface area contributed by atoms with E-state index in [0.29, 0.717) is 6.04 Å². The number of aryl methyl sites for hydroxylation is 1. The highest BCUT2D eigenvalue weighted by atomic mass is 15.3. The molecule has 0 amide bonds. The quantitative estimate of drug-likeness (QED) is 0.855. The van der Waals surface area contributed by atoms with E-state index in [2.05, 4.69) is 27.8 Å². The maximum absolute atomic E-state index is 5.93. The number of nitrogens with zero attached hydrogens (tertiary/aromatic N) is 3. The Kier molecular flexibility index (Phi) is 2.92. The van der Waals surface area contributed by atoms with Crippen LogP contribution in [-0.2, 0) is 13.6 Å². The van der Waals surface area contributed by atoms with Crippen LogP contribution in [0.5, 0.6) is 0 Å². The molecule has 0 bridgehead atoms. The molecule has 2 N–H and O–H groups in total. The van der Waals surface area contributed by atoms with Gasteiger partial charge in [-0.1, -0.05) is 0 Å². The van der Waals surface area contributed by atoms with Gasteiger partial charge < -0.3 is 5.73 Å². The van der Waals surface area contributed by atoms with E-state index in [1.807, 2.05) is 0 Å². The lowest BCUT2D eigenvalue weighted by atomic mass is 10.1. The predicted octanol–water partition coefficient (Wildman–Crippen LogP) is 1.22. The molecule has 1 saturated carbocycles. The van der Waals surface area contributed by atoms with Gasteiger partial charge in [-0.15, -0.1) is 0 Å². The maximum atomic E-state index is 5.93. The van der Waals surface area contributed by atoms with E-state index in [1.54, 1.807) is 0 Å². The number of piperidine rings is 1. The van der Waals surface area contributed by atoms with Gasteiger partial charge in [0.1, 0.15) is 0 Å². The van der Waals surface area contributed by atoms with Crippen LogP contribution in [0.25, 0.3) is 0 Å². The van der Waals surface area contributed by atoms with Gasteiger partial charge in [-0.25, -0.2) is 0 Å². The highest BCUT2D eigenvalue weighted by molar-refractivity contribution is 5.18. The molecule has 0 radical (unpaired) electrons. The fraction of sp³-hybridized carbons (Fsp3) is 0.769. The van der Waals surface area contributed by atoms with Gasteiger partial charge in [-0.05, 0) is 31.7 Å². The SMILES string of the molecule is Cn1nc(C2CC2)cc1CN1CCC(N)CC1. The van der Waals surface area contributed by atoms with Crippen molar-refractivity contribution >= 4 is 0 Å². The molecule has 0 atom stereocenters. The minimum atomic E-state index is 0.416. The van der Waals surface area contributed by atoms with Crippen molar-refractivity contribution in [3.63, 3.8) is 0 Å². The Labute approximate surface area is 103 Å². The van der Waals surface area contributed by atoms with Crippen molar-refractivity contribution in [2.75, 3.05) is 13.1 Å². The number of likely N-dealkylation sites (tertiary alicyclic amines) is 1. The highest BCUT2D eigenvalue weighted by Crippen LogP contribution is 2.39. The Hall–Kier alpha value is -0.870. The van der Waals surface area contributed by atoms with E-state index < -0.39 is 0 Å². The molecule has 1 aliphatic carbocycles. The molecule has 2 fully saturated rings. The van der Waals surface area contributed by atoms with Gasteiger partial charge in [-0.2, -0.15) is 5.10 Å². The summed E-state index contributed by atoms with van der Waals surface area (Å²) in [5.41, 5.74) is 8.58. The summed E-state index contributed by atoms with van der Waals surface area (Å²) in [7, 11) is 2.07. The van der Waals surface area contributed by atoms with E-state index in [-0.39, 0.29) is 0 Å². The summed E-state index contributed by atoms with van der Waals surface area (Å²) in [6.45, 7) is 3.29. The van der Waals surface area contributed by atoms with E-state index in [4.69, 9.17) is 5.73 Å². The number of aromatic nitrogens is 2. The summed E-state index contributed by atoms with van der Waals surface area (Å²) in [4.78, 5) is 2.50. The topological polar surface area (TPSA) is 47.1 Å². The van der Waals surface area contributed by atoms with Gasteiger partial charge in [0.25, 0.3) is 0 Å². The van der Waals surface area contributed by atoms with Gasteiger partial charge in [0.15, 0.2) is 0 Å². The Morgan fingerprint density at radius 1 is 1.29 bits per heavy atom. The number of rotatable bonds is 3. The largest absolute Gasteiger partial charge is 0.328 e. The third kappa shape index (κ3) is 2.53. The van der Waals surface area contributed by atoms with Crippen LogP contribution in [0.15, 0.2) is 6.07 Å². The molecule has 0 unspecified atom stereocenters. The summed E-state index contributed by atoms with van der Waals surface area (Å²) < 4.78 is 2.06. The molecule has 1 aromatic rings. The van der Waals surface area contributed by atoms with Crippen LogP contribution in [0.3, 0.4) is 0 Å². The van der Waals surface area contributed by atoms with Crippen molar-refractivity contribution in [2.24, 2.45) is 12.8 Å². The predicted molar refractivity (Wildman–Crippen MR) is 67.7 cm³/mol. The number of nitrogens with two attached hydrogens (primary N) is 1. The van der Waals surface area contributed by atoms with Crippen molar-refractivity contribution < 1.29 is 0 Å². The van der Waals surface area contributed by atoms with Gasteiger partial charge >= 0.3 is 0 Å². The molecule has 0 aromatic carbocycles. The van der Waals surface area contributed by atoms with E-state index in [9.17, 15) is 0 Å². The summed E-state index contributed by atoms with van der Waals surface area (Å²) in [5.74, 6) is 0.754. The molecule has 2 heterocycles. The minimum absolute atomic E-state index is 0.416. The van der Waals surface area contributed by atoms with Gasteiger partial charge in [-0.3, -0.25) is 9.58 Å². The maximum Gasteiger partial charge on any atom is 0.0658 e. The van der Waals surface area contributed by atoms with Crippen LogP contribution in [0.4, 0.5) is 0 Å². The van der Waals surface area contributed by atoms with E-state index >= 15 is 0 Å². The van der Waals surface area contributed by atoms with E-state index in [0.717, 1.165) is 38.4 Å². The zero-order chi connectivity index (χ0) is 11.8. The van der Waals surface area contributed by atoms with Gasteiger partial charge in [0, 0.05) is 38.6 Å². The molecular formula is C13H22N4. The molecule has 94 valence electrons. The summed E-state index contributed by atoms with van der Waals surface area (Å²) in [6.07, 6.45) is 4.92. The highest BCUT2D eigenvalue weighted by Gasteiger charge is 2.27. The molecule has 3 rings (SSSR count). The fourth-order valence-electron chi connectivity index (χ4n) is 2.60. The number of hydrogen-bond donors (Lipinski definition) is 1. The molecule has 4 nitrogen and oxygen atoms in total. The summed E-state index contributed by atoms with van der Waals surface area (Å²) >= 11 is 0. The summed E-state index contributed by atoms with van der Waals surface area (Å²) in [5, 5.41) is 4.62. The Balaban J connectivity index is 1.63. The van der Waals surface area contributed by atoms with Crippen LogP contribution in [0.2, 0.25) is 0 Å². The molecule has 2 aliphatic rings. The zero-order valence-corrected chi connectivity index (χ0v) is 10.6. The van der Waals surface area contributed by atoms with Crippen LogP contribution >= 0.6 is 0 Å². The molecule has 1 aromatic heterocycles. The second-order valence-corrected chi connectivity index (χ2v) is 5.57. The average Bonchev–Trinajstić information content (AvgIpc) is 3.09. The smallest absolute Gasteiger partial charge is 0.0658 e. The van der Waals surface area contributed by atoms with Crippen molar-refractivity contribution in [3.05, 3.63) is 17.5 Å². The monoisotopic (exact) mass is 234 g/mol. The molecule has 0 spiro atoms. The van der Waals surface area contributed by atoms with Crippen molar-refractivity contribution in [2.45, 2.75) is 44.2 Å². The standard InChI is InChI=1S/C13H22N4/c1-16-12(8-13(15-16)10-2-3-10)9-17-6-4-11(14)5-7-17/h8,10-11H,2-7,9,14H2,1H3. The Morgan fingerprint density at radius 2 is 2.00 bits per heavy atom. The van der Waals surface area contributed by atoms with Crippen LogP contribution < -0.4 is 5.73 Å². The summed E-state index contributed by atoms with van der Waals surface area (Å²) in [6, 6.07) is 2.71.